The fraction of sp³-hybridized carbons (Fsp3) is 0.636. The lowest BCUT2D eigenvalue weighted by Crippen LogP contribution is -2.32. The minimum Gasteiger partial charge on any atom is -0.365 e. The summed E-state index contributed by atoms with van der Waals surface area (Å²) in [5.74, 6) is 0.0309. The molecule has 0 bridgehead atoms. The lowest BCUT2D eigenvalue weighted by Gasteiger charge is -2.10. The first kappa shape index (κ1) is 11.4. The number of amides is 1. The summed E-state index contributed by atoms with van der Waals surface area (Å²) >= 11 is 1.42. The highest BCUT2D eigenvalue weighted by Crippen LogP contribution is 2.23. The number of carbonyl (C=O) groups excluding carboxylic acids is 1. The Kier molecular flexibility index (Phi) is 3.43. The number of aryl methyl sites for hydroxylation is 1. The molecule has 0 spiro atoms. The third-order valence-corrected chi connectivity index (χ3v) is 4.08. The Labute approximate surface area is 99.5 Å². The summed E-state index contributed by atoms with van der Waals surface area (Å²) in [4.78, 5) is 17.0. The van der Waals surface area contributed by atoms with E-state index in [-0.39, 0.29) is 5.91 Å². The van der Waals surface area contributed by atoms with Gasteiger partial charge in [0.15, 0.2) is 5.13 Å². The van der Waals surface area contributed by atoms with Crippen LogP contribution in [0.3, 0.4) is 0 Å². The lowest BCUT2D eigenvalue weighted by atomic mass is 10.2. The molecule has 1 aliphatic carbocycles. The molecule has 0 atom stereocenters. The molecule has 1 amide bonds. The van der Waals surface area contributed by atoms with Crippen LogP contribution in [0.4, 0.5) is 5.13 Å². The summed E-state index contributed by atoms with van der Waals surface area (Å²) in [6.45, 7) is 1.88. The number of nitrogens with one attached hydrogen (secondary N) is 2. The summed E-state index contributed by atoms with van der Waals surface area (Å²) in [6.07, 6.45) is 4.69. The van der Waals surface area contributed by atoms with E-state index in [1.54, 1.807) is 0 Å². The van der Waals surface area contributed by atoms with Crippen LogP contribution in [0.5, 0.6) is 0 Å². The van der Waals surface area contributed by atoms with Crippen molar-refractivity contribution >= 4 is 22.4 Å². The van der Waals surface area contributed by atoms with Gasteiger partial charge in [-0.2, -0.15) is 0 Å². The third-order valence-electron chi connectivity index (χ3n) is 2.91. The van der Waals surface area contributed by atoms with Crippen LogP contribution in [0.1, 0.15) is 41.0 Å². The van der Waals surface area contributed by atoms with Crippen molar-refractivity contribution < 1.29 is 4.79 Å². The maximum atomic E-state index is 12.0. The number of thiazole rings is 1. The van der Waals surface area contributed by atoms with E-state index in [4.69, 9.17) is 0 Å². The van der Waals surface area contributed by atoms with Gasteiger partial charge in [-0.1, -0.05) is 24.2 Å². The summed E-state index contributed by atoms with van der Waals surface area (Å²) in [5, 5.41) is 6.84. The van der Waals surface area contributed by atoms with Crippen molar-refractivity contribution in [1.29, 1.82) is 0 Å². The van der Waals surface area contributed by atoms with Crippen LogP contribution in [0.25, 0.3) is 0 Å². The van der Waals surface area contributed by atoms with Crippen molar-refractivity contribution in [3.05, 3.63) is 10.6 Å². The highest BCUT2D eigenvalue weighted by Gasteiger charge is 2.20. The summed E-state index contributed by atoms with van der Waals surface area (Å²) in [5.41, 5.74) is 0.810. The monoisotopic (exact) mass is 239 g/mol. The lowest BCUT2D eigenvalue weighted by molar-refractivity contribution is 0.0941. The molecule has 5 heteroatoms. The highest BCUT2D eigenvalue weighted by atomic mass is 32.1. The average Bonchev–Trinajstić information content (AvgIpc) is 2.87. The second kappa shape index (κ2) is 4.82. The van der Waals surface area contributed by atoms with Gasteiger partial charge in [0.05, 0.1) is 5.69 Å². The van der Waals surface area contributed by atoms with Crippen LogP contribution < -0.4 is 10.6 Å². The smallest absolute Gasteiger partial charge is 0.263 e. The molecule has 4 nitrogen and oxygen atoms in total. The van der Waals surface area contributed by atoms with Crippen LogP contribution in [0, 0.1) is 6.92 Å². The van der Waals surface area contributed by atoms with Gasteiger partial charge < -0.3 is 10.6 Å². The van der Waals surface area contributed by atoms with Crippen LogP contribution in [-0.4, -0.2) is 24.0 Å². The molecule has 2 rings (SSSR count). The predicted molar refractivity (Wildman–Crippen MR) is 66.1 cm³/mol. The number of rotatable bonds is 3. The maximum absolute atomic E-state index is 12.0. The van der Waals surface area contributed by atoms with E-state index in [0.29, 0.717) is 6.04 Å². The maximum Gasteiger partial charge on any atom is 0.263 e. The van der Waals surface area contributed by atoms with Gasteiger partial charge in [-0.3, -0.25) is 4.79 Å². The molecule has 0 aromatic carbocycles. The van der Waals surface area contributed by atoms with Crippen LogP contribution in [0.2, 0.25) is 0 Å². The van der Waals surface area contributed by atoms with Crippen molar-refractivity contribution in [3.8, 4) is 0 Å². The number of nitrogens with zero attached hydrogens (tertiary/aromatic N) is 1. The van der Waals surface area contributed by atoms with Gasteiger partial charge in [0.2, 0.25) is 0 Å². The van der Waals surface area contributed by atoms with Gasteiger partial charge in [0, 0.05) is 13.1 Å². The topological polar surface area (TPSA) is 54.0 Å². The SMILES string of the molecule is CNc1nc(C)c(C(=O)NC2CCCC2)s1. The molecule has 1 aliphatic rings. The van der Waals surface area contributed by atoms with Gasteiger partial charge in [0.25, 0.3) is 5.91 Å². The molecule has 0 radical (unpaired) electrons. The Morgan fingerprint density at radius 3 is 2.69 bits per heavy atom. The fourth-order valence-electron chi connectivity index (χ4n) is 2.04. The molecule has 1 fully saturated rings. The van der Waals surface area contributed by atoms with Crippen molar-refractivity contribution in [3.63, 3.8) is 0 Å². The number of anilines is 1. The van der Waals surface area contributed by atoms with Gasteiger partial charge in [-0.15, -0.1) is 0 Å². The van der Waals surface area contributed by atoms with Crippen molar-refractivity contribution in [2.45, 2.75) is 38.6 Å². The molecule has 0 saturated heterocycles. The van der Waals surface area contributed by atoms with Crippen LogP contribution in [0.15, 0.2) is 0 Å². The standard InChI is InChI=1S/C11H17N3OS/c1-7-9(16-11(12-2)13-7)10(15)14-8-5-3-4-6-8/h8H,3-6H2,1-2H3,(H,12,13)(H,14,15). The zero-order valence-electron chi connectivity index (χ0n) is 9.67. The van der Waals surface area contributed by atoms with Gasteiger partial charge in [0.1, 0.15) is 4.88 Å². The average molecular weight is 239 g/mol. The first-order valence-electron chi connectivity index (χ1n) is 5.66. The first-order chi connectivity index (χ1) is 7.70. The molecule has 1 heterocycles. The van der Waals surface area contributed by atoms with E-state index >= 15 is 0 Å². The zero-order valence-corrected chi connectivity index (χ0v) is 10.5. The summed E-state index contributed by atoms with van der Waals surface area (Å²) < 4.78 is 0. The normalized spacial score (nSPS) is 16.4. The van der Waals surface area contributed by atoms with E-state index in [1.165, 1.54) is 24.2 Å². The largest absolute Gasteiger partial charge is 0.365 e. The van der Waals surface area contributed by atoms with E-state index in [0.717, 1.165) is 28.5 Å². The van der Waals surface area contributed by atoms with E-state index < -0.39 is 0 Å². The Morgan fingerprint density at radius 1 is 1.44 bits per heavy atom. The Balaban J connectivity index is 2.04. The van der Waals surface area contributed by atoms with Crippen molar-refractivity contribution in [2.75, 3.05) is 12.4 Å². The molecule has 1 saturated carbocycles. The molecule has 0 unspecified atom stereocenters. The Hall–Kier alpha value is -1.10. The molecule has 88 valence electrons. The Morgan fingerprint density at radius 2 is 2.12 bits per heavy atom. The molecule has 2 N–H and O–H groups in total. The molecule has 0 aliphatic heterocycles. The molecular weight excluding hydrogens is 222 g/mol. The summed E-state index contributed by atoms with van der Waals surface area (Å²) in [6, 6.07) is 0.368. The van der Waals surface area contributed by atoms with Gasteiger partial charge in [-0.25, -0.2) is 4.98 Å². The minimum atomic E-state index is 0.0309. The highest BCUT2D eigenvalue weighted by molar-refractivity contribution is 7.17. The van der Waals surface area contributed by atoms with Crippen molar-refractivity contribution in [2.24, 2.45) is 0 Å². The molecule has 1 aromatic heterocycles. The fourth-order valence-corrected chi connectivity index (χ4v) is 2.86. The second-order valence-corrected chi connectivity index (χ2v) is 5.14. The number of hydrogen-bond acceptors (Lipinski definition) is 4. The van der Waals surface area contributed by atoms with E-state index in [2.05, 4.69) is 15.6 Å². The van der Waals surface area contributed by atoms with Crippen molar-refractivity contribution in [1.82, 2.24) is 10.3 Å². The Bertz CT molecular complexity index is 383. The zero-order chi connectivity index (χ0) is 11.5. The third kappa shape index (κ3) is 2.35. The van der Waals surface area contributed by atoms with Crippen LogP contribution in [-0.2, 0) is 0 Å². The summed E-state index contributed by atoms with van der Waals surface area (Å²) in [7, 11) is 1.82. The van der Waals surface area contributed by atoms with E-state index in [9.17, 15) is 4.79 Å². The van der Waals surface area contributed by atoms with Crippen LogP contribution >= 0.6 is 11.3 Å². The predicted octanol–water partition coefficient (Wildman–Crippen LogP) is 2.17. The number of aromatic nitrogens is 1. The molecular formula is C11H17N3OS. The molecule has 16 heavy (non-hydrogen) atoms. The number of carbonyl (C=O) groups is 1. The number of hydrogen-bond donors (Lipinski definition) is 2. The minimum absolute atomic E-state index is 0.0309. The first-order valence-corrected chi connectivity index (χ1v) is 6.48. The van der Waals surface area contributed by atoms with Gasteiger partial charge >= 0.3 is 0 Å². The van der Waals surface area contributed by atoms with E-state index in [1.807, 2.05) is 14.0 Å². The molecule has 1 aromatic rings. The second-order valence-electron chi connectivity index (χ2n) is 4.14. The quantitative estimate of drug-likeness (QED) is 0.850. The van der Waals surface area contributed by atoms with Gasteiger partial charge in [-0.05, 0) is 19.8 Å².